The summed E-state index contributed by atoms with van der Waals surface area (Å²) >= 11 is 1.72. The van der Waals surface area contributed by atoms with E-state index < -0.39 is 0 Å². The second-order valence-corrected chi connectivity index (χ2v) is 3.11. The van der Waals surface area contributed by atoms with Crippen molar-refractivity contribution in [1.82, 2.24) is 5.32 Å². The van der Waals surface area contributed by atoms with Crippen molar-refractivity contribution >= 4 is 17.9 Å². The molecule has 0 radical (unpaired) electrons. The van der Waals surface area contributed by atoms with Gasteiger partial charge in [0.2, 0.25) is 0 Å². The van der Waals surface area contributed by atoms with Crippen molar-refractivity contribution in [2.45, 2.75) is 19.4 Å². The smallest absolute Gasteiger partial charge is 0.407 e. The number of carbonyl (C=O) groups excluding carboxylic acids is 1. The van der Waals surface area contributed by atoms with E-state index in [0.29, 0.717) is 0 Å². The molecule has 0 heterocycles. The quantitative estimate of drug-likeness (QED) is 0.707. The molecule has 4 heteroatoms. The first-order chi connectivity index (χ1) is 5.24. The molecule has 11 heavy (non-hydrogen) atoms. The Morgan fingerprint density at radius 3 is 2.73 bits per heavy atom. The first-order valence-electron chi connectivity index (χ1n) is 3.58. The van der Waals surface area contributed by atoms with Gasteiger partial charge in [-0.2, -0.15) is 11.8 Å². The van der Waals surface area contributed by atoms with Gasteiger partial charge in [0.15, 0.2) is 0 Å². The number of ether oxygens (including phenoxy) is 1. The molecule has 0 saturated heterocycles. The molecule has 1 amide bonds. The van der Waals surface area contributed by atoms with Gasteiger partial charge in [0.25, 0.3) is 0 Å². The average Bonchev–Trinajstić information content (AvgIpc) is 2.03. The number of thioether (sulfide) groups is 1. The van der Waals surface area contributed by atoms with E-state index in [2.05, 4.69) is 10.1 Å². The lowest BCUT2D eigenvalue weighted by Crippen LogP contribution is -2.35. The minimum absolute atomic E-state index is 0.234. The molecule has 3 nitrogen and oxygen atoms in total. The predicted molar refractivity (Wildman–Crippen MR) is 48.0 cm³/mol. The highest BCUT2D eigenvalue weighted by atomic mass is 32.2. The van der Waals surface area contributed by atoms with E-state index in [4.69, 9.17) is 0 Å². The van der Waals surface area contributed by atoms with Gasteiger partial charge in [-0.1, -0.05) is 6.92 Å². The van der Waals surface area contributed by atoms with Crippen LogP contribution in [0, 0.1) is 0 Å². The summed E-state index contributed by atoms with van der Waals surface area (Å²) in [5.41, 5.74) is 0. The molecule has 0 aliphatic rings. The normalized spacial score (nSPS) is 12.3. The Morgan fingerprint density at radius 1 is 1.73 bits per heavy atom. The topological polar surface area (TPSA) is 38.3 Å². The highest BCUT2D eigenvalue weighted by Gasteiger charge is 2.08. The molecule has 0 spiro atoms. The predicted octanol–water partition coefficient (Wildman–Crippen LogP) is 1.48. The highest BCUT2D eigenvalue weighted by molar-refractivity contribution is 7.98. The van der Waals surface area contributed by atoms with E-state index in [1.807, 2.05) is 13.2 Å². The average molecular weight is 177 g/mol. The van der Waals surface area contributed by atoms with Crippen molar-refractivity contribution in [3.05, 3.63) is 0 Å². The molecule has 1 atom stereocenters. The van der Waals surface area contributed by atoms with Gasteiger partial charge in [-0.3, -0.25) is 0 Å². The van der Waals surface area contributed by atoms with Crippen LogP contribution in [0.3, 0.4) is 0 Å². The van der Waals surface area contributed by atoms with Crippen molar-refractivity contribution in [3.63, 3.8) is 0 Å². The summed E-state index contributed by atoms with van der Waals surface area (Å²) in [7, 11) is 1.38. The molecule has 0 aliphatic heterocycles. The first-order valence-corrected chi connectivity index (χ1v) is 4.97. The Labute approximate surface area is 71.9 Å². The molecule has 0 fully saturated rings. The molecule has 0 rings (SSSR count). The third-order valence-corrected chi connectivity index (χ3v) is 2.10. The summed E-state index contributed by atoms with van der Waals surface area (Å²) in [4.78, 5) is 10.7. The third-order valence-electron chi connectivity index (χ3n) is 1.37. The number of methoxy groups -OCH3 is 1. The van der Waals surface area contributed by atoms with Crippen LogP contribution >= 0.6 is 11.8 Å². The number of amides is 1. The van der Waals surface area contributed by atoms with Crippen LogP contribution in [-0.2, 0) is 4.74 Å². The van der Waals surface area contributed by atoms with Gasteiger partial charge in [-0.05, 0) is 12.7 Å². The first kappa shape index (κ1) is 10.6. The van der Waals surface area contributed by atoms with Crippen molar-refractivity contribution < 1.29 is 9.53 Å². The Bertz CT molecular complexity index is 119. The lowest BCUT2D eigenvalue weighted by Gasteiger charge is -2.13. The molecule has 0 saturated carbocycles. The monoisotopic (exact) mass is 177 g/mol. The van der Waals surface area contributed by atoms with E-state index in [1.165, 1.54) is 7.11 Å². The summed E-state index contributed by atoms with van der Waals surface area (Å²) in [6, 6.07) is 0.234. The maximum atomic E-state index is 10.7. The molecule has 0 aromatic rings. The molecule has 1 unspecified atom stereocenters. The van der Waals surface area contributed by atoms with Gasteiger partial charge in [0.1, 0.15) is 0 Å². The molecule has 66 valence electrons. The maximum absolute atomic E-state index is 10.7. The molecule has 0 aromatic carbocycles. The Morgan fingerprint density at radius 2 is 2.36 bits per heavy atom. The fourth-order valence-corrected chi connectivity index (χ4v) is 1.41. The van der Waals surface area contributed by atoms with Crippen LogP contribution in [0.1, 0.15) is 13.3 Å². The Hall–Kier alpha value is -0.380. The molecular formula is C7H15NO2S. The van der Waals surface area contributed by atoms with Crippen molar-refractivity contribution in [2.24, 2.45) is 0 Å². The summed E-state index contributed by atoms with van der Waals surface area (Å²) in [5, 5.41) is 2.74. The second-order valence-electron chi connectivity index (χ2n) is 2.20. The van der Waals surface area contributed by atoms with Crippen LogP contribution in [0.15, 0.2) is 0 Å². The van der Waals surface area contributed by atoms with Gasteiger partial charge in [-0.25, -0.2) is 4.79 Å². The largest absolute Gasteiger partial charge is 0.453 e. The van der Waals surface area contributed by atoms with Gasteiger partial charge < -0.3 is 10.1 Å². The van der Waals surface area contributed by atoms with E-state index in [0.717, 1.165) is 12.2 Å². The van der Waals surface area contributed by atoms with Crippen LogP contribution in [0.4, 0.5) is 4.79 Å². The minimum atomic E-state index is -0.342. The van der Waals surface area contributed by atoms with Gasteiger partial charge >= 0.3 is 6.09 Å². The number of hydrogen-bond acceptors (Lipinski definition) is 3. The zero-order valence-electron chi connectivity index (χ0n) is 7.22. The number of rotatable bonds is 4. The minimum Gasteiger partial charge on any atom is -0.453 e. The maximum Gasteiger partial charge on any atom is 0.407 e. The van der Waals surface area contributed by atoms with Crippen LogP contribution < -0.4 is 5.32 Å². The van der Waals surface area contributed by atoms with Crippen LogP contribution in [0.25, 0.3) is 0 Å². The Balaban J connectivity index is 3.58. The number of alkyl carbamates (subject to hydrolysis) is 1. The molecule has 0 bridgehead atoms. The van der Waals surface area contributed by atoms with E-state index in [9.17, 15) is 4.79 Å². The lowest BCUT2D eigenvalue weighted by atomic mass is 10.3. The fraction of sp³-hybridized carbons (Fsp3) is 0.857. The van der Waals surface area contributed by atoms with E-state index in [1.54, 1.807) is 11.8 Å². The van der Waals surface area contributed by atoms with Crippen LogP contribution in [0.2, 0.25) is 0 Å². The summed E-state index contributed by atoms with van der Waals surface area (Å²) < 4.78 is 4.47. The Kier molecular flexibility index (Phi) is 6.12. The van der Waals surface area contributed by atoms with Crippen LogP contribution in [0.5, 0.6) is 0 Å². The standard InChI is InChI=1S/C7H15NO2S/c1-4-6(5-11-3)8-7(9)10-2/h6H,4-5H2,1-3H3,(H,8,9). The number of carbonyl (C=O) groups is 1. The summed E-state index contributed by atoms with van der Waals surface area (Å²) in [6.07, 6.45) is 2.61. The SMILES string of the molecule is CCC(CSC)NC(=O)OC. The summed E-state index contributed by atoms with van der Waals surface area (Å²) in [5.74, 6) is 0.936. The second kappa shape index (κ2) is 6.34. The van der Waals surface area contributed by atoms with Crippen LogP contribution in [-0.4, -0.2) is 31.3 Å². The van der Waals surface area contributed by atoms with Crippen molar-refractivity contribution in [1.29, 1.82) is 0 Å². The number of nitrogens with one attached hydrogen (secondary N) is 1. The zero-order valence-corrected chi connectivity index (χ0v) is 8.03. The van der Waals surface area contributed by atoms with E-state index in [-0.39, 0.29) is 12.1 Å². The van der Waals surface area contributed by atoms with Gasteiger partial charge in [-0.15, -0.1) is 0 Å². The third kappa shape index (κ3) is 4.95. The highest BCUT2D eigenvalue weighted by Crippen LogP contribution is 2.00. The zero-order chi connectivity index (χ0) is 8.69. The van der Waals surface area contributed by atoms with Crippen molar-refractivity contribution in [2.75, 3.05) is 19.1 Å². The van der Waals surface area contributed by atoms with Gasteiger partial charge in [0, 0.05) is 11.8 Å². The fourth-order valence-electron chi connectivity index (χ4n) is 0.688. The van der Waals surface area contributed by atoms with Crippen molar-refractivity contribution in [3.8, 4) is 0 Å². The summed E-state index contributed by atoms with van der Waals surface area (Å²) in [6.45, 7) is 2.04. The molecular weight excluding hydrogens is 162 g/mol. The van der Waals surface area contributed by atoms with Gasteiger partial charge in [0.05, 0.1) is 7.11 Å². The lowest BCUT2D eigenvalue weighted by molar-refractivity contribution is 0.167. The number of hydrogen-bond donors (Lipinski definition) is 1. The van der Waals surface area contributed by atoms with E-state index >= 15 is 0 Å². The molecule has 1 N–H and O–H groups in total. The molecule has 0 aliphatic carbocycles. The molecule has 0 aromatic heterocycles.